The second-order valence-corrected chi connectivity index (χ2v) is 6.08. The first kappa shape index (κ1) is 13.4. The van der Waals surface area contributed by atoms with E-state index in [-0.39, 0.29) is 0 Å². The molecule has 100 valence electrons. The first-order valence-electron chi connectivity index (χ1n) is 7.81. The van der Waals surface area contributed by atoms with E-state index in [2.05, 4.69) is 17.1 Å². The number of hydrogen-bond donors (Lipinski definition) is 1. The third-order valence-electron chi connectivity index (χ3n) is 4.30. The molecule has 0 spiro atoms. The van der Waals surface area contributed by atoms with Gasteiger partial charge in [0.2, 0.25) is 0 Å². The predicted octanol–water partition coefficient (Wildman–Crippen LogP) is 2.89. The van der Waals surface area contributed by atoms with E-state index in [0.29, 0.717) is 0 Å². The van der Waals surface area contributed by atoms with Crippen LogP contribution in [-0.4, -0.2) is 37.6 Å². The largest absolute Gasteiger partial charge is 0.317 e. The summed E-state index contributed by atoms with van der Waals surface area (Å²) in [5, 5.41) is 3.46. The van der Waals surface area contributed by atoms with Gasteiger partial charge in [-0.2, -0.15) is 0 Å². The van der Waals surface area contributed by atoms with Crippen molar-refractivity contribution in [3.05, 3.63) is 0 Å². The lowest BCUT2D eigenvalue weighted by molar-refractivity contribution is 0.243. The van der Waals surface area contributed by atoms with Crippen LogP contribution >= 0.6 is 0 Å². The Morgan fingerprint density at radius 1 is 1.00 bits per heavy atom. The van der Waals surface area contributed by atoms with Gasteiger partial charge in [-0.15, -0.1) is 0 Å². The monoisotopic (exact) mass is 238 g/mol. The molecule has 0 bridgehead atoms. The molecule has 0 unspecified atom stereocenters. The number of nitrogens with one attached hydrogen (secondary N) is 1. The Hall–Kier alpha value is -0.0800. The Bertz CT molecular complexity index is 195. The van der Waals surface area contributed by atoms with Crippen molar-refractivity contribution in [3.63, 3.8) is 0 Å². The Labute approximate surface area is 107 Å². The molecule has 2 aliphatic rings. The van der Waals surface area contributed by atoms with Crippen LogP contribution in [0.4, 0.5) is 0 Å². The molecule has 2 heteroatoms. The third kappa shape index (κ3) is 5.39. The van der Waals surface area contributed by atoms with Gasteiger partial charge >= 0.3 is 0 Å². The molecule has 2 nitrogen and oxygen atoms in total. The molecule has 1 N–H and O–H groups in total. The molecule has 2 rings (SSSR count). The maximum absolute atomic E-state index is 3.46. The number of hydrogen-bond acceptors (Lipinski definition) is 2. The maximum Gasteiger partial charge on any atom is 0.000966 e. The van der Waals surface area contributed by atoms with Crippen LogP contribution in [0.25, 0.3) is 0 Å². The lowest BCUT2D eigenvalue weighted by Crippen LogP contribution is -2.30. The van der Waals surface area contributed by atoms with Crippen LogP contribution in [0.2, 0.25) is 0 Å². The van der Waals surface area contributed by atoms with Crippen LogP contribution in [-0.2, 0) is 0 Å². The number of rotatable bonds is 8. The van der Waals surface area contributed by atoms with Gasteiger partial charge in [-0.1, -0.05) is 6.92 Å². The van der Waals surface area contributed by atoms with Gasteiger partial charge in [0.05, 0.1) is 0 Å². The summed E-state index contributed by atoms with van der Waals surface area (Å²) >= 11 is 0. The molecule has 0 amide bonds. The van der Waals surface area contributed by atoms with Crippen molar-refractivity contribution in [3.8, 4) is 0 Å². The Balaban J connectivity index is 1.56. The number of nitrogens with zero attached hydrogens (tertiary/aromatic N) is 1. The molecule has 0 aromatic rings. The normalized spacial score (nSPS) is 22.2. The molecule has 1 saturated heterocycles. The number of piperidine rings is 1. The summed E-state index contributed by atoms with van der Waals surface area (Å²) < 4.78 is 0. The van der Waals surface area contributed by atoms with Crippen molar-refractivity contribution in [1.29, 1.82) is 0 Å². The first-order chi connectivity index (χ1) is 8.38. The lowest BCUT2D eigenvalue weighted by Gasteiger charge is -2.25. The van der Waals surface area contributed by atoms with Gasteiger partial charge in [0.1, 0.15) is 0 Å². The zero-order chi connectivity index (χ0) is 11.9. The molecule has 17 heavy (non-hydrogen) atoms. The van der Waals surface area contributed by atoms with E-state index in [4.69, 9.17) is 0 Å². The molecule has 0 aromatic heterocycles. The molecule has 1 aliphatic carbocycles. The van der Waals surface area contributed by atoms with Crippen molar-refractivity contribution < 1.29 is 0 Å². The minimum atomic E-state index is 1.01. The average Bonchev–Trinajstić information content (AvgIpc) is 3.15. The van der Waals surface area contributed by atoms with Gasteiger partial charge < -0.3 is 10.2 Å². The average molecular weight is 238 g/mol. The molecular weight excluding hydrogens is 208 g/mol. The van der Waals surface area contributed by atoms with Gasteiger partial charge in [0.15, 0.2) is 0 Å². The highest BCUT2D eigenvalue weighted by molar-refractivity contribution is 4.77. The second kappa shape index (κ2) is 7.38. The highest BCUT2D eigenvalue weighted by Gasteiger charge is 2.23. The van der Waals surface area contributed by atoms with Crippen molar-refractivity contribution in [2.24, 2.45) is 11.8 Å². The van der Waals surface area contributed by atoms with E-state index < -0.39 is 0 Å². The Morgan fingerprint density at radius 2 is 1.76 bits per heavy atom. The summed E-state index contributed by atoms with van der Waals surface area (Å²) in [5.41, 5.74) is 0. The second-order valence-electron chi connectivity index (χ2n) is 6.08. The van der Waals surface area contributed by atoms with Crippen molar-refractivity contribution in [1.82, 2.24) is 10.2 Å². The van der Waals surface area contributed by atoms with E-state index in [0.717, 1.165) is 11.8 Å². The summed E-state index contributed by atoms with van der Waals surface area (Å²) in [5.74, 6) is 2.07. The molecule has 1 saturated carbocycles. The van der Waals surface area contributed by atoms with E-state index in [1.165, 1.54) is 77.7 Å². The van der Waals surface area contributed by atoms with E-state index >= 15 is 0 Å². The van der Waals surface area contributed by atoms with Crippen molar-refractivity contribution >= 4 is 0 Å². The van der Waals surface area contributed by atoms with Crippen LogP contribution in [0.3, 0.4) is 0 Å². The third-order valence-corrected chi connectivity index (χ3v) is 4.30. The molecule has 1 aliphatic heterocycles. The SMILES string of the molecule is CCCN(CCCC1CCNCC1)CC1CC1. The standard InChI is InChI=1S/C15H30N2/c1-2-11-17(13-15-5-6-15)12-3-4-14-7-9-16-10-8-14/h14-16H,2-13H2,1H3. The van der Waals surface area contributed by atoms with Crippen LogP contribution in [0.15, 0.2) is 0 Å². The zero-order valence-corrected chi connectivity index (χ0v) is 11.6. The van der Waals surface area contributed by atoms with E-state index in [1.807, 2.05) is 0 Å². The zero-order valence-electron chi connectivity index (χ0n) is 11.6. The maximum atomic E-state index is 3.46. The van der Waals surface area contributed by atoms with Crippen LogP contribution < -0.4 is 5.32 Å². The summed E-state index contributed by atoms with van der Waals surface area (Å²) in [6.45, 7) is 8.89. The highest BCUT2D eigenvalue weighted by atomic mass is 15.1. The lowest BCUT2D eigenvalue weighted by atomic mass is 9.93. The fraction of sp³-hybridized carbons (Fsp3) is 1.00. The van der Waals surface area contributed by atoms with Crippen LogP contribution in [0.1, 0.15) is 51.9 Å². The van der Waals surface area contributed by atoms with Crippen molar-refractivity contribution in [2.45, 2.75) is 51.9 Å². The smallest absolute Gasteiger partial charge is 0.000966 e. The van der Waals surface area contributed by atoms with Gasteiger partial charge in [0, 0.05) is 6.54 Å². The fourth-order valence-corrected chi connectivity index (χ4v) is 3.05. The van der Waals surface area contributed by atoms with E-state index in [1.54, 1.807) is 0 Å². The molecule has 0 radical (unpaired) electrons. The van der Waals surface area contributed by atoms with Gasteiger partial charge in [-0.05, 0) is 83.0 Å². The minimum Gasteiger partial charge on any atom is -0.317 e. The highest BCUT2D eigenvalue weighted by Crippen LogP contribution is 2.30. The summed E-state index contributed by atoms with van der Waals surface area (Å²) in [4.78, 5) is 2.72. The summed E-state index contributed by atoms with van der Waals surface area (Å²) in [7, 11) is 0. The molecule has 1 heterocycles. The quantitative estimate of drug-likeness (QED) is 0.699. The van der Waals surface area contributed by atoms with Crippen LogP contribution in [0.5, 0.6) is 0 Å². The first-order valence-corrected chi connectivity index (χ1v) is 7.81. The molecule has 0 aromatic carbocycles. The van der Waals surface area contributed by atoms with Gasteiger partial charge in [-0.3, -0.25) is 0 Å². The Morgan fingerprint density at radius 3 is 2.41 bits per heavy atom. The van der Waals surface area contributed by atoms with E-state index in [9.17, 15) is 0 Å². The van der Waals surface area contributed by atoms with Gasteiger partial charge in [0.25, 0.3) is 0 Å². The topological polar surface area (TPSA) is 15.3 Å². The molecule has 2 fully saturated rings. The fourth-order valence-electron chi connectivity index (χ4n) is 3.05. The van der Waals surface area contributed by atoms with Crippen molar-refractivity contribution in [2.75, 3.05) is 32.7 Å². The minimum absolute atomic E-state index is 1.01. The Kier molecular flexibility index (Phi) is 5.79. The summed E-state index contributed by atoms with van der Waals surface area (Å²) in [6, 6.07) is 0. The van der Waals surface area contributed by atoms with Gasteiger partial charge in [-0.25, -0.2) is 0 Å². The summed E-state index contributed by atoms with van der Waals surface area (Å²) in [6.07, 6.45) is 10.0. The predicted molar refractivity (Wildman–Crippen MR) is 74.3 cm³/mol. The van der Waals surface area contributed by atoms with Crippen LogP contribution in [0, 0.1) is 11.8 Å². The molecule has 0 atom stereocenters. The molecular formula is C15H30N2.